The second-order valence-electron chi connectivity index (χ2n) is 6.92. The van der Waals surface area contributed by atoms with E-state index in [1.807, 2.05) is 36.4 Å². The molecule has 0 amide bonds. The number of thiazole rings is 1. The molecule has 30 heavy (non-hydrogen) atoms. The van der Waals surface area contributed by atoms with Gasteiger partial charge in [0.1, 0.15) is 10.3 Å². The Morgan fingerprint density at radius 1 is 1.13 bits per heavy atom. The van der Waals surface area contributed by atoms with Gasteiger partial charge in [0.25, 0.3) is 5.01 Å². The van der Waals surface area contributed by atoms with Gasteiger partial charge in [-0.3, -0.25) is 0 Å². The van der Waals surface area contributed by atoms with Crippen molar-refractivity contribution < 1.29 is 8.98 Å². The van der Waals surface area contributed by atoms with Gasteiger partial charge in [-0.1, -0.05) is 23.5 Å². The molecular formula is C25H23N2O2S+. The van der Waals surface area contributed by atoms with E-state index in [-0.39, 0.29) is 5.63 Å². The summed E-state index contributed by atoms with van der Waals surface area (Å²) in [4.78, 5) is 14.8. The van der Waals surface area contributed by atoms with Crippen molar-refractivity contribution >= 4 is 50.4 Å². The molecule has 2 aromatic carbocycles. The lowest BCUT2D eigenvalue weighted by Gasteiger charge is -2.20. The van der Waals surface area contributed by atoms with Crippen LogP contribution in [0.3, 0.4) is 0 Å². The monoisotopic (exact) mass is 415 g/mol. The average molecular weight is 416 g/mol. The van der Waals surface area contributed by atoms with Crippen LogP contribution in [0.5, 0.6) is 0 Å². The Kier molecular flexibility index (Phi) is 5.69. The Morgan fingerprint density at radius 3 is 2.70 bits per heavy atom. The Balaban J connectivity index is 1.73. The number of para-hydroxylation sites is 1. The van der Waals surface area contributed by atoms with Crippen molar-refractivity contribution in [1.29, 1.82) is 0 Å². The quantitative estimate of drug-likeness (QED) is 0.254. The summed E-state index contributed by atoms with van der Waals surface area (Å²) in [5, 5.41) is 1.89. The first kappa shape index (κ1) is 19.9. The van der Waals surface area contributed by atoms with Crippen molar-refractivity contribution in [2.75, 3.05) is 18.0 Å². The van der Waals surface area contributed by atoms with Gasteiger partial charge in [-0.15, -0.1) is 6.42 Å². The molecule has 0 atom stereocenters. The topological polar surface area (TPSA) is 37.3 Å². The highest BCUT2D eigenvalue weighted by Gasteiger charge is 2.17. The molecule has 0 bridgehead atoms. The summed E-state index contributed by atoms with van der Waals surface area (Å²) in [6.45, 7) is 6.50. The number of fused-ring (bicyclic) bond motifs is 2. The molecule has 0 N–H and O–H groups in total. The van der Waals surface area contributed by atoms with E-state index in [9.17, 15) is 4.79 Å². The lowest BCUT2D eigenvalue weighted by Crippen LogP contribution is -2.34. The normalized spacial score (nSPS) is 11.4. The zero-order chi connectivity index (χ0) is 21.1. The predicted octanol–water partition coefficient (Wildman–Crippen LogP) is 4.95. The smallest absolute Gasteiger partial charge is 0.343 e. The molecular weight excluding hydrogens is 392 g/mol. The van der Waals surface area contributed by atoms with Gasteiger partial charge in [-0.25, -0.2) is 4.79 Å². The number of nitrogens with zero attached hydrogens (tertiary/aromatic N) is 2. The van der Waals surface area contributed by atoms with Gasteiger partial charge >= 0.3 is 5.63 Å². The van der Waals surface area contributed by atoms with Crippen molar-refractivity contribution in [1.82, 2.24) is 0 Å². The highest BCUT2D eigenvalue weighted by atomic mass is 32.1. The lowest BCUT2D eigenvalue weighted by atomic mass is 10.1. The molecule has 5 heteroatoms. The van der Waals surface area contributed by atoms with Gasteiger partial charge in [-0.2, -0.15) is 4.57 Å². The van der Waals surface area contributed by atoms with Crippen LogP contribution in [-0.4, -0.2) is 13.1 Å². The van der Waals surface area contributed by atoms with E-state index in [4.69, 9.17) is 10.8 Å². The van der Waals surface area contributed by atoms with Crippen LogP contribution in [0.15, 0.2) is 57.7 Å². The highest BCUT2D eigenvalue weighted by molar-refractivity contribution is 7.18. The Morgan fingerprint density at radius 2 is 1.93 bits per heavy atom. The number of terminal acetylenes is 1. The fourth-order valence-corrected chi connectivity index (χ4v) is 4.67. The Labute approximate surface area is 179 Å². The molecule has 2 heterocycles. The third-order valence-corrected chi connectivity index (χ3v) is 6.30. The van der Waals surface area contributed by atoms with E-state index in [1.165, 1.54) is 0 Å². The van der Waals surface area contributed by atoms with Crippen LogP contribution in [-0.2, 0) is 6.54 Å². The number of rotatable bonds is 6. The van der Waals surface area contributed by atoms with Crippen molar-refractivity contribution in [3.05, 3.63) is 69.5 Å². The van der Waals surface area contributed by atoms with Crippen molar-refractivity contribution in [2.45, 2.75) is 20.4 Å². The molecule has 0 radical (unpaired) electrons. The summed E-state index contributed by atoms with van der Waals surface area (Å²) in [6.07, 6.45) is 9.31. The number of hydrogen-bond donors (Lipinski definition) is 0. The van der Waals surface area contributed by atoms with Gasteiger partial charge < -0.3 is 9.32 Å². The third kappa shape index (κ3) is 3.74. The largest absolute Gasteiger partial charge is 0.422 e. The number of anilines is 1. The van der Waals surface area contributed by atoms with Gasteiger partial charge in [0.2, 0.25) is 12.1 Å². The molecule has 0 aliphatic rings. The maximum atomic E-state index is 12.6. The summed E-state index contributed by atoms with van der Waals surface area (Å²) in [7, 11) is 0. The molecule has 0 fully saturated rings. The average Bonchev–Trinajstić information content (AvgIpc) is 3.11. The number of benzene rings is 2. The molecule has 0 saturated carbocycles. The highest BCUT2D eigenvalue weighted by Crippen LogP contribution is 2.24. The van der Waals surface area contributed by atoms with Crippen LogP contribution in [0.2, 0.25) is 0 Å². The summed E-state index contributed by atoms with van der Waals surface area (Å²) < 4.78 is 8.86. The first-order chi connectivity index (χ1) is 14.6. The van der Waals surface area contributed by atoms with E-state index in [1.54, 1.807) is 17.4 Å². The fourth-order valence-electron chi connectivity index (χ4n) is 3.61. The number of hydrogen-bond acceptors (Lipinski definition) is 4. The molecule has 4 nitrogen and oxygen atoms in total. The van der Waals surface area contributed by atoms with Crippen molar-refractivity contribution in [3.8, 4) is 12.3 Å². The molecule has 0 aliphatic carbocycles. The van der Waals surface area contributed by atoms with E-state index in [2.05, 4.69) is 47.4 Å². The fraction of sp³-hybridized carbons (Fsp3) is 0.200. The first-order valence-corrected chi connectivity index (χ1v) is 10.8. The van der Waals surface area contributed by atoms with Crippen LogP contribution in [0.1, 0.15) is 24.4 Å². The molecule has 0 saturated heterocycles. The summed E-state index contributed by atoms with van der Waals surface area (Å²) >= 11 is 1.65. The standard InChI is InChI=1S/C25H23N2O2S/c1-4-15-27-21-9-7-8-10-23(21)30-24(27)14-12-19-16-18-11-13-20(26(5-2)6-3)17-22(18)29-25(19)28/h1,7-14,16-17H,5-6,15H2,2-3H3/q+1. The van der Waals surface area contributed by atoms with Gasteiger partial charge in [-0.05, 0) is 50.1 Å². The van der Waals surface area contributed by atoms with Crippen molar-refractivity contribution in [3.63, 3.8) is 0 Å². The minimum absolute atomic E-state index is 0.347. The maximum Gasteiger partial charge on any atom is 0.343 e. The zero-order valence-corrected chi connectivity index (χ0v) is 17.9. The Hall–Kier alpha value is -3.36. The van der Waals surface area contributed by atoms with Gasteiger partial charge in [0.05, 0.1) is 5.56 Å². The minimum atomic E-state index is -0.347. The van der Waals surface area contributed by atoms with E-state index >= 15 is 0 Å². The zero-order valence-electron chi connectivity index (χ0n) is 17.1. The molecule has 0 aliphatic heterocycles. The molecule has 150 valence electrons. The van der Waals surface area contributed by atoms with E-state index in [0.29, 0.717) is 17.7 Å². The molecule has 2 aromatic heterocycles. The van der Waals surface area contributed by atoms with E-state index < -0.39 is 0 Å². The van der Waals surface area contributed by atoms with Crippen molar-refractivity contribution in [2.24, 2.45) is 0 Å². The second kappa shape index (κ2) is 8.56. The molecule has 0 spiro atoms. The first-order valence-electron chi connectivity index (χ1n) is 10.00. The third-order valence-electron chi connectivity index (χ3n) is 5.17. The summed E-state index contributed by atoms with van der Waals surface area (Å²) in [5.74, 6) is 2.71. The van der Waals surface area contributed by atoms with Gasteiger partial charge in [0, 0.05) is 42.4 Å². The molecule has 4 aromatic rings. The number of aromatic nitrogens is 1. The predicted molar refractivity (Wildman–Crippen MR) is 126 cm³/mol. The minimum Gasteiger partial charge on any atom is -0.422 e. The summed E-state index contributed by atoms with van der Waals surface area (Å²) in [5.41, 5.74) is 2.92. The Bertz CT molecular complexity index is 1340. The van der Waals surface area contributed by atoms with E-state index in [0.717, 1.165) is 39.4 Å². The van der Waals surface area contributed by atoms with Crippen LogP contribution in [0.25, 0.3) is 33.3 Å². The van der Waals surface area contributed by atoms with Gasteiger partial charge in [0.15, 0.2) is 0 Å². The van der Waals surface area contributed by atoms with Crippen LogP contribution >= 0.6 is 11.3 Å². The van der Waals surface area contributed by atoms with Crippen LogP contribution in [0.4, 0.5) is 5.69 Å². The van der Waals surface area contributed by atoms with Crippen LogP contribution < -0.4 is 15.1 Å². The SMILES string of the molecule is C#CC[n+]1c(/C=C/c2cc3ccc(N(CC)CC)cc3oc2=O)sc2ccccc21. The van der Waals surface area contributed by atoms with Crippen LogP contribution in [0, 0.1) is 12.3 Å². The molecule has 4 rings (SSSR count). The summed E-state index contributed by atoms with van der Waals surface area (Å²) in [6, 6.07) is 16.0. The second-order valence-corrected chi connectivity index (χ2v) is 7.98. The lowest BCUT2D eigenvalue weighted by molar-refractivity contribution is -0.655. The molecule has 0 unspecified atom stereocenters. The maximum absolute atomic E-state index is 12.6.